The number of hydrogen-bond acceptors (Lipinski definition) is 5. The highest BCUT2D eigenvalue weighted by Crippen LogP contribution is 2.29. The molecule has 1 aliphatic rings. The number of likely N-dealkylation sites (tertiary alicyclic amines) is 1. The lowest BCUT2D eigenvalue weighted by Gasteiger charge is -2.45. The summed E-state index contributed by atoms with van der Waals surface area (Å²) < 4.78 is 18.8. The van der Waals surface area contributed by atoms with Crippen molar-refractivity contribution in [3.63, 3.8) is 0 Å². The molecule has 2 aromatic rings. The third-order valence-electron chi connectivity index (χ3n) is 4.50. The molecule has 7 heteroatoms. The SMILES string of the molecule is Cc1ccc(-c2noc(CCCN3CC(C)(C(N)=O)C3)n2)cc1F. The Balaban J connectivity index is 1.50. The van der Waals surface area contributed by atoms with E-state index in [9.17, 15) is 9.18 Å². The molecular weight excluding hydrogens is 311 g/mol. The first kappa shape index (κ1) is 16.6. The maximum Gasteiger partial charge on any atom is 0.227 e. The van der Waals surface area contributed by atoms with Gasteiger partial charge in [0.1, 0.15) is 5.82 Å². The molecule has 0 radical (unpaired) electrons. The fraction of sp³-hybridized carbons (Fsp3) is 0.471. The Morgan fingerprint density at radius 1 is 1.46 bits per heavy atom. The van der Waals surface area contributed by atoms with E-state index in [0.29, 0.717) is 42.4 Å². The van der Waals surface area contributed by atoms with Gasteiger partial charge in [-0.1, -0.05) is 17.3 Å². The highest BCUT2D eigenvalue weighted by Gasteiger charge is 2.43. The summed E-state index contributed by atoms with van der Waals surface area (Å²) >= 11 is 0. The molecular formula is C17H21FN4O2. The second kappa shape index (κ2) is 6.32. The maximum atomic E-state index is 13.6. The summed E-state index contributed by atoms with van der Waals surface area (Å²) in [6.07, 6.45) is 1.49. The molecule has 1 saturated heterocycles. The number of nitrogens with two attached hydrogens (primary N) is 1. The fourth-order valence-electron chi connectivity index (χ4n) is 2.91. The van der Waals surface area contributed by atoms with E-state index >= 15 is 0 Å². The predicted octanol–water partition coefficient (Wildman–Crippen LogP) is 1.92. The van der Waals surface area contributed by atoms with Crippen LogP contribution in [0, 0.1) is 18.2 Å². The van der Waals surface area contributed by atoms with Crippen LogP contribution in [0.2, 0.25) is 0 Å². The molecule has 6 nitrogen and oxygen atoms in total. The number of rotatable bonds is 6. The van der Waals surface area contributed by atoms with Crippen LogP contribution in [-0.4, -0.2) is 40.6 Å². The van der Waals surface area contributed by atoms with Crippen molar-refractivity contribution in [1.29, 1.82) is 0 Å². The molecule has 0 atom stereocenters. The number of carbonyl (C=O) groups is 1. The van der Waals surface area contributed by atoms with Crippen LogP contribution in [0.25, 0.3) is 11.4 Å². The first-order valence-electron chi connectivity index (χ1n) is 7.99. The van der Waals surface area contributed by atoms with Gasteiger partial charge in [-0.3, -0.25) is 4.79 Å². The van der Waals surface area contributed by atoms with E-state index in [2.05, 4.69) is 15.0 Å². The summed E-state index contributed by atoms with van der Waals surface area (Å²) in [5, 5.41) is 3.91. The Labute approximate surface area is 139 Å². The van der Waals surface area contributed by atoms with Gasteiger partial charge in [0.2, 0.25) is 17.6 Å². The molecule has 1 fully saturated rings. The van der Waals surface area contributed by atoms with E-state index in [-0.39, 0.29) is 11.7 Å². The number of nitrogens with zero attached hydrogens (tertiary/aromatic N) is 3. The predicted molar refractivity (Wildman–Crippen MR) is 86.5 cm³/mol. The number of aryl methyl sites for hydroxylation is 2. The molecule has 2 N–H and O–H groups in total. The fourth-order valence-corrected chi connectivity index (χ4v) is 2.91. The van der Waals surface area contributed by atoms with E-state index in [0.717, 1.165) is 13.0 Å². The van der Waals surface area contributed by atoms with Gasteiger partial charge in [-0.2, -0.15) is 4.98 Å². The van der Waals surface area contributed by atoms with Gasteiger partial charge >= 0.3 is 0 Å². The minimum Gasteiger partial charge on any atom is -0.369 e. The molecule has 3 rings (SSSR count). The highest BCUT2D eigenvalue weighted by molar-refractivity contribution is 5.82. The van der Waals surface area contributed by atoms with Gasteiger partial charge in [0.05, 0.1) is 5.41 Å². The molecule has 1 aromatic carbocycles. The van der Waals surface area contributed by atoms with Crippen LogP contribution in [0.3, 0.4) is 0 Å². The van der Waals surface area contributed by atoms with Crippen LogP contribution >= 0.6 is 0 Å². The number of aromatic nitrogens is 2. The first-order valence-corrected chi connectivity index (χ1v) is 7.99. The lowest BCUT2D eigenvalue weighted by Crippen LogP contribution is -2.60. The van der Waals surface area contributed by atoms with Crippen molar-refractivity contribution >= 4 is 5.91 Å². The van der Waals surface area contributed by atoms with Crippen LogP contribution in [0.1, 0.15) is 24.8 Å². The molecule has 128 valence electrons. The lowest BCUT2D eigenvalue weighted by atomic mass is 9.81. The number of hydrogen-bond donors (Lipinski definition) is 1. The van der Waals surface area contributed by atoms with Crippen molar-refractivity contribution < 1.29 is 13.7 Å². The Morgan fingerprint density at radius 3 is 2.88 bits per heavy atom. The second-order valence-corrected chi connectivity index (χ2v) is 6.71. The Kier molecular flexibility index (Phi) is 4.36. The van der Waals surface area contributed by atoms with Gasteiger partial charge in [-0.25, -0.2) is 4.39 Å². The van der Waals surface area contributed by atoms with Crippen molar-refractivity contribution in [2.24, 2.45) is 11.1 Å². The van der Waals surface area contributed by atoms with Crippen LogP contribution in [0.4, 0.5) is 4.39 Å². The molecule has 2 heterocycles. The number of primary amides is 1. The summed E-state index contributed by atoms with van der Waals surface area (Å²) in [6.45, 7) is 5.83. The van der Waals surface area contributed by atoms with Gasteiger partial charge in [-0.15, -0.1) is 0 Å². The average molecular weight is 332 g/mol. The van der Waals surface area contributed by atoms with Gasteiger partial charge in [-0.05, 0) is 38.4 Å². The molecule has 0 aliphatic carbocycles. The molecule has 1 aromatic heterocycles. The Hall–Kier alpha value is -2.28. The Morgan fingerprint density at radius 2 is 2.21 bits per heavy atom. The largest absolute Gasteiger partial charge is 0.369 e. The van der Waals surface area contributed by atoms with Crippen LogP contribution in [0.15, 0.2) is 22.7 Å². The van der Waals surface area contributed by atoms with E-state index < -0.39 is 5.41 Å². The molecule has 0 spiro atoms. The molecule has 0 unspecified atom stereocenters. The highest BCUT2D eigenvalue weighted by atomic mass is 19.1. The Bertz CT molecular complexity index is 753. The molecule has 0 bridgehead atoms. The van der Waals surface area contributed by atoms with E-state index in [1.165, 1.54) is 6.07 Å². The van der Waals surface area contributed by atoms with Crippen LogP contribution < -0.4 is 5.73 Å². The van der Waals surface area contributed by atoms with Crippen molar-refractivity contribution in [1.82, 2.24) is 15.0 Å². The lowest BCUT2D eigenvalue weighted by molar-refractivity contribution is -0.136. The summed E-state index contributed by atoms with van der Waals surface area (Å²) in [5.74, 6) is 0.401. The smallest absolute Gasteiger partial charge is 0.227 e. The standard InChI is InChI=1S/C17H21FN4O2/c1-11-5-6-12(8-13(11)18)15-20-14(24-21-15)4-3-7-22-9-17(2,10-22)16(19)23/h5-6,8H,3-4,7,9-10H2,1-2H3,(H2,19,23). The van der Waals surface area contributed by atoms with Crippen molar-refractivity contribution in [3.8, 4) is 11.4 Å². The number of amides is 1. The van der Waals surface area contributed by atoms with Crippen molar-refractivity contribution in [2.45, 2.75) is 26.7 Å². The van der Waals surface area contributed by atoms with Gasteiger partial charge < -0.3 is 15.2 Å². The molecule has 0 saturated carbocycles. The monoisotopic (exact) mass is 332 g/mol. The van der Waals surface area contributed by atoms with Crippen molar-refractivity contribution in [2.75, 3.05) is 19.6 Å². The minimum absolute atomic E-state index is 0.245. The zero-order chi connectivity index (χ0) is 17.3. The summed E-state index contributed by atoms with van der Waals surface area (Å²) in [4.78, 5) is 17.8. The molecule has 24 heavy (non-hydrogen) atoms. The topological polar surface area (TPSA) is 85.3 Å². The van der Waals surface area contributed by atoms with Crippen LogP contribution in [-0.2, 0) is 11.2 Å². The third kappa shape index (κ3) is 3.31. The van der Waals surface area contributed by atoms with Crippen LogP contribution in [0.5, 0.6) is 0 Å². The summed E-state index contributed by atoms with van der Waals surface area (Å²) in [6, 6.07) is 4.88. The normalized spacial score (nSPS) is 16.8. The number of halogens is 1. The van der Waals surface area contributed by atoms with E-state index in [1.54, 1.807) is 19.1 Å². The van der Waals surface area contributed by atoms with Gasteiger partial charge in [0.15, 0.2) is 0 Å². The van der Waals surface area contributed by atoms with Gasteiger partial charge in [0, 0.05) is 25.1 Å². The van der Waals surface area contributed by atoms with Crippen molar-refractivity contribution in [3.05, 3.63) is 35.5 Å². The van der Waals surface area contributed by atoms with E-state index in [4.69, 9.17) is 10.3 Å². The number of carbonyl (C=O) groups excluding carboxylic acids is 1. The second-order valence-electron chi connectivity index (χ2n) is 6.71. The zero-order valence-corrected chi connectivity index (χ0v) is 13.9. The third-order valence-corrected chi connectivity index (χ3v) is 4.50. The maximum absolute atomic E-state index is 13.6. The molecule has 1 aliphatic heterocycles. The van der Waals surface area contributed by atoms with E-state index in [1.807, 2.05) is 6.92 Å². The zero-order valence-electron chi connectivity index (χ0n) is 13.9. The number of benzene rings is 1. The molecule has 1 amide bonds. The quantitative estimate of drug-likeness (QED) is 0.873. The summed E-state index contributed by atoms with van der Waals surface area (Å²) in [7, 11) is 0. The van der Waals surface area contributed by atoms with Gasteiger partial charge in [0.25, 0.3) is 0 Å². The summed E-state index contributed by atoms with van der Waals surface area (Å²) in [5.41, 5.74) is 6.16. The first-order chi connectivity index (χ1) is 11.4. The minimum atomic E-state index is -0.396. The average Bonchev–Trinajstić information content (AvgIpc) is 2.96.